The highest BCUT2D eigenvalue weighted by molar-refractivity contribution is 7.89. The minimum absolute atomic E-state index is 0.0210. The molecule has 0 fully saturated rings. The standard InChI is InChI=1S/C24H26F3N5O4S/c1-35-15-12-20-31-21-22(16-8-2-3-9-17(16)30-23(21)28)32(20)14-7-6-13-29-37(33,34)19-11-5-4-10-18(19)36-24(25,26)27/h2-5,8-11,29H,6-7,12-15H2,1H3,(H2,28,30). The second-order valence-electron chi connectivity index (χ2n) is 8.23. The molecule has 0 bridgehead atoms. The Bertz CT molecular complexity index is 1510. The van der Waals surface area contributed by atoms with Crippen molar-refractivity contribution in [3.63, 3.8) is 0 Å². The van der Waals surface area contributed by atoms with Crippen LogP contribution in [0.25, 0.3) is 21.9 Å². The number of benzene rings is 2. The number of hydrogen-bond donors (Lipinski definition) is 2. The van der Waals surface area contributed by atoms with Crippen molar-refractivity contribution >= 4 is 37.8 Å². The summed E-state index contributed by atoms with van der Waals surface area (Å²) >= 11 is 0. The number of imidazole rings is 1. The minimum Gasteiger partial charge on any atom is -0.404 e. The SMILES string of the molecule is COCCc1nc2c(N)nc3ccccc3c2n1CCCCNS(=O)(=O)c1ccccc1OC(F)(F)F. The second kappa shape index (κ2) is 10.9. The maximum Gasteiger partial charge on any atom is 0.573 e. The van der Waals surface area contributed by atoms with Crippen molar-refractivity contribution < 1.29 is 31.1 Å². The molecule has 3 N–H and O–H groups in total. The molecule has 198 valence electrons. The van der Waals surface area contributed by atoms with E-state index in [-0.39, 0.29) is 6.54 Å². The van der Waals surface area contributed by atoms with Gasteiger partial charge >= 0.3 is 6.36 Å². The first kappa shape index (κ1) is 26.6. The van der Waals surface area contributed by atoms with Crippen LogP contribution < -0.4 is 15.2 Å². The highest BCUT2D eigenvalue weighted by atomic mass is 32.2. The normalized spacial score (nSPS) is 12.4. The molecule has 0 saturated heterocycles. The number of anilines is 1. The summed E-state index contributed by atoms with van der Waals surface area (Å²) in [6.45, 7) is 0.986. The Labute approximate surface area is 211 Å². The van der Waals surface area contributed by atoms with E-state index in [1.165, 1.54) is 12.1 Å². The number of halogens is 3. The number of alkyl halides is 3. The van der Waals surface area contributed by atoms with Gasteiger partial charge in [-0.3, -0.25) is 0 Å². The van der Waals surface area contributed by atoms with Crippen LogP contribution in [0, 0.1) is 0 Å². The highest BCUT2D eigenvalue weighted by Crippen LogP contribution is 2.30. The molecule has 2 heterocycles. The number of rotatable bonds is 11. The summed E-state index contributed by atoms with van der Waals surface area (Å²) in [5, 5.41) is 0.893. The van der Waals surface area contributed by atoms with E-state index < -0.39 is 27.0 Å². The van der Waals surface area contributed by atoms with Gasteiger partial charge in [0, 0.05) is 32.0 Å². The van der Waals surface area contributed by atoms with Crippen LogP contribution in [0.4, 0.5) is 19.0 Å². The molecule has 13 heteroatoms. The van der Waals surface area contributed by atoms with Gasteiger partial charge in [-0.1, -0.05) is 30.3 Å². The molecule has 37 heavy (non-hydrogen) atoms. The molecule has 0 unspecified atom stereocenters. The van der Waals surface area contributed by atoms with Crippen LogP contribution in [0.2, 0.25) is 0 Å². The number of ether oxygens (including phenoxy) is 2. The van der Waals surface area contributed by atoms with Crippen molar-refractivity contribution in [2.24, 2.45) is 0 Å². The van der Waals surface area contributed by atoms with Gasteiger partial charge in [0.05, 0.1) is 17.6 Å². The van der Waals surface area contributed by atoms with Crippen LogP contribution in [0.15, 0.2) is 53.4 Å². The number of nitrogens with two attached hydrogens (primary N) is 1. The zero-order valence-corrected chi connectivity index (χ0v) is 20.8. The molecule has 4 rings (SSSR count). The van der Waals surface area contributed by atoms with Gasteiger partial charge in [-0.15, -0.1) is 13.2 Å². The smallest absolute Gasteiger partial charge is 0.404 e. The third-order valence-electron chi connectivity index (χ3n) is 5.68. The average Bonchev–Trinajstić information content (AvgIpc) is 3.21. The van der Waals surface area contributed by atoms with E-state index in [0.717, 1.165) is 34.4 Å². The molecule has 9 nitrogen and oxygen atoms in total. The number of nitrogens with zero attached hydrogens (tertiary/aromatic N) is 3. The summed E-state index contributed by atoms with van der Waals surface area (Å²) in [5.74, 6) is 0.298. The highest BCUT2D eigenvalue weighted by Gasteiger charge is 2.33. The first-order valence-electron chi connectivity index (χ1n) is 11.5. The van der Waals surface area contributed by atoms with Crippen LogP contribution in [0.1, 0.15) is 18.7 Å². The molecule has 2 aromatic carbocycles. The van der Waals surface area contributed by atoms with E-state index in [9.17, 15) is 21.6 Å². The third-order valence-corrected chi connectivity index (χ3v) is 7.18. The predicted octanol–water partition coefficient (Wildman–Crippen LogP) is 4.01. The molecule has 0 amide bonds. The van der Waals surface area contributed by atoms with Crippen molar-refractivity contribution in [2.45, 2.75) is 37.1 Å². The van der Waals surface area contributed by atoms with Crippen molar-refractivity contribution in [1.82, 2.24) is 19.3 Å². The van der Waals surface area contributed by atoms with Gasteiger partial charge in [-0.2, -0.15) is 0 Å². The summed E-state index contributed by atoms with van der Waals surface area (Å²) in [6.07, 6.45) is -3.49. The Morgan fingerprint density at radius 2 is 1.78 bits per heavy atom. The largest absolute Gasteiger partial charge is 0.573 e. The van der Waals surface area contributed by atoms with E-state index in [0.29, 0.717) is 43.7 Å². The molecule has 2 aromatic heterocycles. The third kappa shape index (κ3) is 6.12. The summed E-state index contributed by atoms with van der Waals surface area (Å²) in [7, 11) is -2.62. The zero-order chi connectivity index (χ0) is 26.6. The van der Waals surface area contributed by atoms with Crippen molar-refractivity contribution in [3.8, 4) is 5.75 Å². The molecule has 0 aliphatic carbocycles. The van der Waals surface area contributed by atoms with Gasteiger partial charge in [0.25, 0.3) is 0 Å². The predicted molar refractivity (Wildman–Crippen MR) is 133 cm³/mol. The molecule has 0 atom stereocenters. The minimum atomic E-state index is -5.01. The van der Waals surface area contributed by atoms with Gasteiger partial charge in [0.1, 0.15) is 22.0 Å². The quantitative estimate of drug-likeness (QED) is 0.277. The van der Waals surface area contributed by atoms with Crippen LogP contribution >= 0.6 is 0 Å². The molecule has 0 aliphatic rings. The van der Waals surface area contributed by atoms with Gasteiger partial charge < -0.3 is 19.8 Å². The average molecular weight is 538 g/mol. The Kier molecular flexibility index (Phi) is 7.85. The fourth-order valence-corrected chi connectivity index (χ4v) is 5.29. The summed E-state index contributed by atoms with van der Waals surface area (Å²) < 4.78 is 76.8. The number of sulfonamides is 1. The number of aromatic nitrogens is 3. The van der Waals surface area contributed by atoms with Crippen molar-refractivity contribution in [2.75, 3.05) is 26.0 Å². The number of para-hydroxylation sites is 2. The number of aryl methyl sites for hydroxylation is 1. The lowest BCUT2D eigenvalue weighted by molar-refractivity contribution is -0.275. The van der Waals surface area contributed by atoms with Crippen LogP contribution in [-0.4, -0.2) is 49.6 Å². The Balaban J connectivity index is 1.49. The number of pyridine rings is 1. The van der Waals surface area contributed by atoms with E-state index >= 15 is 0 Å². The number of unbranched alkanes of at least 4 members (excludes halogenated alkanes) is 1. The molecule has 4 aromatic rings. The topological polar surface area (TPSA) is 121 Å². The van der Waals surface area contributed by atoms with E-state index in [1.54, 1.807) is 7.11 Å². The lowest BCUT2D eigenvalue weighted by Gasteiger charge is -2.14. The molecule has 0 saturated carbocycles. The molecule has 0 spiro atoms. The molecule has 0 radical (unpaired) electrons. The fraction of sp³-hybridized carbons (Fsp3) is 0.333. The number of nitrogen functional groups attached to an aromatic ring is 1. The zero-order valence-electron chi connectivity index (χ0n) is 20.0. The maximum absolute atomic E-state index is 12.7. The monoisotopic (exact) mass is 537 g/mol. The molecule has 0 aliphatic heterocycles. The van der Waals surface area contributed by atoms with E-state index in [4.69, 9.17) is 15.5 Å². The number of nitrogens with one attached hydrogen (secondary N) is 1. The van der Waals surface area contributed by atoms with E-state index in [1.807, 2.05) is 28.8 Å². The second-order valence-corrected chi connectivity index (χ2v) is 9.97. The first-order chi connectivity index (χ1) is 17.6. The lowest BCUT2D eigenvalue weighted by Crippen LogP contribution is -2.27. The summed E-state index contributed by atoms with van der Waals surface area (Å²) in [4.78, 5) is 8.56. The van der Waals surface area contributed by atoms with Crippen LogP contribution in [0.5, 0.6) is 5.75 Å². The molecular weight excluding hydrogens is 511 g/mol. The fourth-order valence-electron chi connectivity index (χ4n) is 4.09. The van der Waals surface area contributed by atoms with Gasteiger partial charge in [0.15, 0.2) is 5.82 Å². The van der Waals surface area contributed by atoms with Crippen LogP contribution in [-0.2, 0) is 27.7 Å². The Morgan fingerprint density at radius 1 is 1.05 bits per heavy atom. The van der Waals surface area contributed by atoms with Crippen molar-refractivity contribution in [3.05, 3.63) is 54.4 Å². The first-order valence-corrected chi connectivity index (χ1v) is 13.0. The van der Waals surface area contributed by atoms with E-state index in [2.05, 4.69) is 14.4 Å². The maximum atomic E-state index is 12.7. The van der Waals surface area contributed by atoms with Gasteiger partial charge in [0.2, 0.25) is 10.0 Å². The van der Waals surface area contributed by atoms with Crippen molar-refractivity contribution in [1.29, 1.82) is 0 Å². The number of hydrogen-bond acceptors (Lipinski definition) is 7. The Hall–Kier alpha value is -3.42. The lowest BCUT2D eigenvalue weighted by atomic mass is 10.2. The van der Waals surface area contributed by atoms with Gasteiger partial charge in [-0.05, 0) is 31.0 Å². The number of fused-ring (bicyclic) bond motifs is 3. The van der Waals surface area contributed by atoms with Crippen LogP contribution in [0.3, 0.4) is 0 Å². The molecular formula is C24H26F3N5O4S. The summed E-state index contributed by atoms with van der Waals surface area (Å²) in [6, 6.07) is 12.2. The summed E-state index contributed by atoms with van der Waals surface area (Å²) in [5.41, 5.74) is 8.35. The van der Waals surface area contributed by atoms with Gasteiger partial charge in [-0.25, -0.2) is 23.1 Å². The Morgan fingerprint density at radius 3 is 2.54 bits per heavy atom. The number of methoxy groups -OCH3 is 1.